The van der Waals surface area contributed by atoms with Gasteiger partial charge in [0.2, 0.25) is 0 Å². The van der Waals surface area contributed by atoms with Crippen LogP contribution in [0.1, 0.15) is 37.0 Å². The van der Waals surface area contributed by atoms with Crippen LogP contribution in [0, 0.1) is 5.92 Å². The average molecular weight is 456 g/mol. The molecule has 0 bridgehead atoms. The summed E-state index contributed by atoms with van der Waals surface area (Å²) in [5.74, 6) is 0.394. The molecule has 176 valence electrons. The molecule has 1 aliphatic heterocycles. The summed E-state index contributed by atoms with van der Waals surface area (Å²) in [5, 5.41) is 9.98. The van der Waals surface area contributed by atoms with E-state index in [1.54, 1.807) is 6.07 Å². The van der Waals surface area contributed by atoms with Gasteiger partial charge in [-0.1, -0.05) is 86.6 Å². The third-order valence-corrected chi connectivity index (χ3v) is 7.08. The number of benzene rings is 3. The Kier molecular flexibility index (Phi) is 7.49. The highest BCUT2D eigenvalue weighted by molar-refractivity contribution is 5.94. The lowest BCUT2D eigenvalue weighted by Gasteiger charge is -2.45. The molecule has 1 fully saturated rings. The molecule has 4 nitrogen and oxygen atoms in total. The van der Waals surface area contributed by atoms with Crippen molar-refractivity contribution >= 4 is 12.0 Å². The molecule has 3 aromatic rings. The van der Waals surface area contributed by atoms with Crippen molar-refractivity contribution in [1.82, 2.24) is 4.90 Å². The van der Waals surface area contributed by atoms with Gasteiger partial charge in [0.05, 0.1) is 5.57 Å². The molecular formula is C30H33NO3. The normalized spacial score (nSPS) is 21.2. The lowest BCUT2D eigenvalue weighted by molar-refractivity contribution is -0.140. The summed E-state index contributed by atoms with van der Waals surface area (Å²) in [6.45, 7) is 7.07. The van der Waals surface area contributed by atoms with Gasteiger partial charge in [-0.25, -0.2) is 4.79 Å². The second-order valence-corrected chi connectivity index (χ2v) is 9.50. The Bertz CT molecular complexity index is 1130. The number of rotatable bonds is 7. The van der Waals surface area contributed by atoms with Crippen molar-refractivity contribution in [3.8, 4) is 5.75 Å². The quantitative estimate of drug-likeness (QED) is 0.360. The monoisotopic (exact) mass is 455 g/mol. The van der Waals surface area contributed by atoms with E-state index in [2.05, 4.69) is 24.8 Å². The van der Waals surface area contributed by atoms with E-state index in [-0.39, 0.29) is 18.0 Å². The number of piperidine rings is 1. The van der Waals surface area contributed by atoms with Crippen LogP contribution in [0.25, 0.3) is 6.08 Å². The molecular weight excluding hydrogens is 422 g/mol. The molecule has 1 heterocycles. The summed E-state index contributed by atoms with van der Waals surface area (Å²) in [4.78, 5) is 15.5. The fourth-order valence-electron chi connectivity index (χ4n) is 4.73. The Balaban J connectivity index is 1.48. The first kappa shape index (κ1) is 23.8. The van der Waals surface area contributed by atoms with Crippen molar-refractivity contribution in [3.63, 3.8) is 0 Å². The Morgan fingerprint density at radius 3 is 2.44 bits per heavy atom. The third-order valence-electron chi connectivity index (χ3n) is 7.08. The van der Waals surface area contributed by atoms with Gasteiger partial charge in [0.1, 0.15) is 12.4 Å². The van der Waals surface area contributed by atoms with Gasteiger partial charge in [-0.3, -0.25) is 4.90 Å². The molecule has 1 aliphatic rings. The molecule has 3 aromatic carbocycles. The van der Waals surface area contributed by atoms with Gasteiger partial charge in [0.25, 0.3) is 0 Å². The van der Waals surface area contributed by atoms with E-state index < -0.39 is 0 Å². The van der Waals surface area contributed by atoms with Gasteiger partial charge in [-0.15, -0.1) is 0 Å². The van der Waals surface area contributed by atoms with Crippen molar-refractivity contribution in [1.29, 1.82) is 0 Å². The number of nitrogens with zero attached hydrogens (tertiary/aromatic N) is 1. The summed E-state index contributed by atoms with van der Waals surface area (Å²) >= 11 is 0. The molecule has 0 saturated carbocycles. The van der Waals surface area contributed by atoms with Crippen LogP contribution >= 0.6 is 0 Å². The predicted octanol–water partition coefficient (Wildman–Crippen LogP) is 5.82. The number of aromatic hydroxyl groups is 1. The van der Waals surface area contributed by atoms with Gasteiger partial charge in [0.15, 0.2) is 0 Å². The first-order chi connectivity index (χ1) is 16.4. The summed E-state index contributed by atoms with van der Waals surface area (Å²) in [5.41, 5.74) is 3.77. The van der Waals surface area contributed by atoms with Crippen molar-refractivity contribution in [2.24, 2.45) is 5.92 Å². The van der Waals surface area contributed by atoms with Crippen molar-refractivity contribution in [3.05, 3.63) is 107 Å². The van der Waals surface area contributed by atoms with Crippen LogP contribution in [0.15, 0.2) is 90.5 Å². The lowest BCUT2D eigenvalue weighted by atomic mass is 9.68. The molecule has 0 amide bonds. The second kappa shape index (κ2) is 10.7. The summed E-state index contributed by atoms with van der Waals surface area (Å²) < 4.78 is 5.69. The number of phenolic OH excluding ortho intramolecular Hbond substituents is 1. The van der Waals surface area contributed by atoms with Gasteiger partial charge < -0.3 is 9.84 Å². The fourth-order valence-corrected chi connectivity index (χ4v) is 4.73. The zero-order valence-electron chi connectivity index (χ0n) is 20.0. The minimum absolute atomic E-state index is 0.0215. The maximum absolute atomic E-state index is 13.1. The van der Waals surface area contributed by atoms with E-state index >= 15 is 0 Å². The molecule has 4 rings (SSSR count). The highest BCUT2D eigenvalue weighted by Crippen LogP contribution is 2.40. The molecule has 0 spiro atoms. The molecule has 0 aliphatic carbocycles. The summed E-state index contributed by atoms with van der Waals surface area (Å²) in [6, 6.07) is 27.3. The number of esters is 1. The van der Waals surface area contributed by atoms with E-state index in [9.17, 15) is 9.90 Å². The maximum Gasteiger partial charge on any atom is 0.335 e. The third kappa shape index (κ3) is 5.75. The zero-order chi connectivity index (χ0) is 24.0. The van der Waals surface area contributed by atoms with Crippen LogP contribution in [0.4, 0.5) is 0 Å². The van der Waals surface area contributed by atoms with E-state index in [4.69, 9.17) is 4.74 Å². The van der Waals surface area contributed by atoms with Gasteiger partial charge >= 0.3 is 5.97 Å². The number of likely N-dealkylation sites (tertiary alicyclic amines) is 1. The Morgan fingerprint density at radius 2 is 1.76 bits per heavy atom. The lowest BCUT2D eigenvalue weighted by Crippen LogP contribution is -2.48. The smallest absolute Gasteiger partial charge is 0.335 e. The van der Waals surface area contributed by atoms with E-state index in [0.29, 0.717) is 23.8 Å². The van der Waals surface area contributed by atoms with E-state index in [0.717, 1.165) is 30.6 Å². The van der Waals surface area contributed by atoms with E-state index in [1.165, 1.54) is 5.56 Å². The van der Waals surface area contributed by atoms with Crippen LogP contribution in [0.5, 0.6) is 5.75 Å². The Morgan fingerprint density at radius 1 is 1.06 bits per heavy atom. The molecule has 0 aromatic heterocycles. The first-order valence-electron chi connectivity index (χ1n) is 11.9. The van der Waals surface area contributed by atoms with Crippen molar-refractivity contribution < 1.29 is 14.6 Å². The number of phenols is 1. The maximum atomic E-state index is 13.1. The average Bonchev–Trinajstić information content (AvgIpc) is 2.86. The topological polar surface area (TPSA) is 49.8 Å². The molecule has 1 N–H and O–H groups in total. The van der Waals surface area contributed by atoms with Crippen LogP contribution in [0.3, 0.4) is 0 Å². The first-order valence-corrected chi connectivity index (χ1v) is 11.9. The predicted molar refractivity (Wildman–Crippen MR) is 136 cm³/mol. The number of hydrogen-bond acceptors (Lipinski definition) is 4. The minimum atomic E-state index is -0.276. The van der Waals surface area contributed by atoms with Crippen LogP contribution in [-0.4, -0.2) is 35.6 Å². The number of ether oxygens (including phenoxy) is 1. The van der Waals surface area contributed by atoms with Gasteiger partial charge in [-0.2, -0.15) is 0 Å². The Hall–Kier alpha value is -3.37. The highest BCUT2D eigenvalue weighted by atomic mass is 16.5. The van der Waals surface area contributed by atoms with E-state index in [1.807, 2.05) is 78.9 Å². The fraction of sp³-hybridized carbons (Fsp3) is 0.300. The van der Waals surface area contributed by atoms with Crippen LogP contribution in [0.2, 0.25) is 0 Å². The SMILES string of the molecule is C[C@H]1CN(CC(=Cc2ccccc2)C(=O)OCc2ccccc2)CC[C@@]1(C)c1cccc(O)c1. The summed E-state index contributed by atoms with van der Waals surface area (Å²) in [7, 11) is 0. The number of hydrogen-bond donors (Lipinski definition) is 1. The highest BCUT2D eigenvalue weighted by Gasteiger charge is 2.38. The van der Waals surface area contributed by atoms with Crippen molar-refractivity contribution in [2.45, 2.75) is 32.3 Å². The van der Waals surface area contributed by atoms with Crippen molar-refractivity contribution in [2.75, 3.05) is 19.6 Å². The molecule has 2 atom stereocenters. The molecule has 0 unspecified atom stereocenters. The minimum Gasteiger partial charge on any atom is -0.508 e. The van der Waals surface area contributed by atoms with Crippen LogP contribution < -0.4 is 0 Å². The molecule has 34 heavy (non-hydrogen) atoms. The standard InChI is InChI=1S/C30H33NO3/c1-23-20-31(17-16-30(23,2)27-14-9-15-28(32)19-27)21-26(18-24-10-5-3-6-11-24)29(33)34-22-25-12-7-4-8-13-25/h3-15,18-19,23,32H,16-17,20-22H2,1-2H3/t23-,30+/m0/s1. The van der Waals surface area contributed by atoms with Gasteiger partial charge in [-0.05, 0) is 59.2 Å². The number of carbonyl (C=O) groups excluding carboxylic acids is 1. The molecule has 1 saturated heterocycles. The van der Waals surface area contributed by atoms with Crippen LogP contribution in [-0.2, 0) is 21.6 Å². The number of carbonyl (C=O) groups is 1. The Labute approximate surface area is 202 Å². The summed E-state index contributed by atoms with van der Waals surface area (Å²) in [6.07, 6.45) is 2.90. The largest absolute Gasteiger partial charge is 0.508 e. The molecule has 0 radical (unpaired) electrons. The second-order valence-electron chi connectivity index (χ2n) is 9.50. The zero-order valence-corrected chi connectivity index (χ0v) is 20.0. The van der Waals surface area contributed by atoms with Gasteiger partial charge in [0, 0.05) is 13.1 Å². The molecule has 4 heteroatoms.